The third-order valence-electron chi connectivity index (χ3n) is 2.51. The second-order valence-corrected chi connectivity index (χ2v) is 4.86. The lowest BCUT2D eigenvalue weighted by molar-refractivity contribution is -0.116. The van der Waals surface area contributed by atoms with Gasteiger partial charge >= 0.3 is 0 Å². The van der Waals surface area contributed by atoms with E-state index < -0.39 is 5.82 Å². The Hall–Kier alpha value is -1.91. The van der Waals surface area contributed by atoms with E-state index in [0.29, 0.717) is 18.0 Å². The third-order valence-corrected chi connectivity index (χ3v) is 2.51. The van der Waals surface area contributed by atoms with Crippen molar-refractivity contribution in [1.29, 1.82) is 0 Å². The number of benzene rings is 1. The molecular weight excluding hydrogens is 247 g/mol. The average molecular weight is 266 g/mol. The number of nitrogens with one attached hydrogen (secondary N) is 2. The van der Waals surface area contributed by atoms with E-state index >= 15 is 0 Å². The highest BCUT2D eigenvalue weighted by atomic mass is 19.1. The fraction of sp³-hybridized carbons (Fsp3) is 0.429. The molecule has 104 valence electrons. The summed E-state index contributed by atoms with van der Waals surface area (Å²) >= 11 is 0. The summed E-state index contributed by atoms with van der Waals surface area (Å²) in [5.41, 5.74) is 0.535. The standard InChI is InChI=1S/C14H19FN2O2/c1-9(2)4-7-14(19)17-13-8-11(16-10(3)18)5-6-12(13)15/h5-6,8-9H,4,7H2,1-3H3,(H,16,18)(H,17,19). The molecule has 19 heavy (non-hydrogen) atoms. The molecule has 1 aromatic rings. The molecule has 4 nitrogen and oxygen atoms in total. The second kappa shape index (κ2) is 6.87. The van der Waals surface area contributed by atoms with Crippen molar-refractivity contribution in [1.82, 2.24) is 0 Å². The van der Waals surface area contributed by atoms with Crippen molar-refractivity contribution >= 4 is 23.2 Å². The predicted octanol–water partition coefficient (Wildman–Crippen LogP) is 3.16. The number of carbonyl (C=O) groups excluding carboxylic acids is 2. The number of carbonyl (C=O) groups is 2. The molecule has 0 spiro atoms. The molecular formula is C14H19FN2O2. The first-order chi connectivity index (χ1) is 8.88. The highest BCUT2D eigenvalue weighted by Crippen LogP contribution is 2.20. The minimum atomic E-state index is -0.521. The molecule has 2 N–H and O–H groups in total. The van der Waals surface area contributed by atoms with Crippen LogP contribution in [0, 0.1) is 11.7 Å². The van der Waals surface area contributed by atoms with Crippen LogP contribution in [0.3, 0.4) is 0 Å². The molecule has 0 aliphatic rings. The van der Waals surface area contributed by atoms with Gasteiger partial charge < -0.3 is 10.6 Å². The lowest BCUT2D eigenvalue weighted by Crippen LogP contribution is -2.14. The molecule has 1 rings (SSSR count). The number of rotatable bonds is 5. The van der Waals surface area contributed by atoms with E-state index in [1.165, 1.54) is 25.1 Å². The fourth-order valence-electron chi connectivity index (χ4n) is 1.53. The monoisotopic (exact) mass is 266 g/mol. The average Bonchev–Trinajstić information content (AvgIpc) is 2.30. The van der Waals surface area contributed by atoms with Crippen molar-refractivity contribution in [2.75, 3.05) is 10.6 Å². The van der Waals surface area contributed by atoms with Crippen LogP contribution in [-0.2, 0) is 9.59 Å². The maximum absolute atomic E-state index is 13.5. The number of hydrogen-bond donors (Lipinski definition) is 2. The van der Waals surface area contributed by atoms with Crippen LogP contribution in [-0.4, -0.2) is 11.8 Å². The minimum absolute atomic E-state index is 0.0833. The molecule has 0 bridgehead atoms. The van der Waals surface area contributed by atoms with E-state index in [-0.39, 0.29) is 17.5 Å². The van der Waals surface area contributed by atoms with Gasteiger partial charge in [0, 0.05) is 19.0 Å². The van der Waals surface area contributed by atoms with Crippen LogP contribution in [0.1, 0.15) is 33.6 Å². The maximum atomic E-state index is 13.5. The molecule has 0 radical (unpaired) electrons. The van der Waals surface area contributed by atoms with Crippen LogP contribution in [0.2, 0.25) is 0 Å². The van der Waals surface area contributed by atoms with Gasteiger partial charge in [-0.15, -0.1) is 0 Å². The Bertz CT molecular complexity index is 473. The molecule has 0 aliphatic carbocycles. The van der Waals surface area contributed by atoms with Gasteiger partial charge in [0.15, 0.2) is 0 Å². The van der Waals surface area contributed by atoms with Crippen molar-refractivity contribution in [2.24, 2.45) is 5.92 Å². The summed E-state index contributed by atoms with van der Waals surface area (Å²) in [6.45, 7) is 5.40. The van der Waals surface area contributed by atoms with Crippen LogP contribution in [0.5, 0.6) is 0 Å². The molecule has 0 fully saturated rings. The van der Waals surface area contributed by atoms with Crippen LogP contribution in [0.15, 0.2) is 18.2 Å². The van der Waals surface area contributed by atoms with Gasteiger partial charge in [0.2, 0.25) is 11.8 Å². The summed E-state index contributed by atoms with van der Waals surface area (Å²) in [7, 11) is 0. The van der Waals surface area contributed by atoms with E-state index in [1.807, 2.05) is 13.8 Å². The van der Waals surface area contributed by atoms with Crippen molar-refractivity contribution < 1.29 is 14.0 Å². The molecule has 0 aliphatic heterocycles. The van der Waals surface area contributed by atoms with Crippen LogP contribution < -0.4 is 10.6 Å². The highest BCUT2D eigenvalue weighted by molar-refractivity contribution is 5.93. The van der Waals surface area contributed by atoms with Gasteiger partial charge in [0.1, 0.15) is 5.82 Å². The molecule has 0 atom stereocenters. The van der Waals surface area contributed by atoms with E-state index in [9.17, 15) is 14.0 Å². The Morgan fingerprint density at radius 2 is 1.95 bits per heavy atom. The lowest BCUT2D eigenvalue weighted by atomic mass is 10.1. The first-order valence-corrected chi connectivity index (χ1v) is 6.25. The Kier molecular flexibility index (Phi) is 5.48. The Morgan fingerprint density at radius 1 is 1.26 bits per heavy atom. The van der Waals surface area contributed by atoms with Gasteiger partial charge in [0.25, 0.3) is 0 Å². The Balaban J connectivity index is 2.71. The highest BCUT2D eigenvalue weighted by Gasteiger charge is 2.09. The number of halogens is 1. The van der Waals surface area contributed by atoms with Crippen LogP contribution in [0.4, 0.5) is 15.8 Å². The molecule has 0 saturated heterocycles. The zero-order valence-corrected chi connectivity index (χ0v) is 11.4. The van der Waals surface area contributed by atoms with Crippen LogP contribution >= 0.6 is 0 Å². The first kappa shape index (κ1) is 15.1. The fourth-order valence-corrected chi connectivity index (χ4v) is 1.53. The smallest absolute Gasteiger partial charge is 0.224 e. The molecule has 1 aromatic carbocycles. The van der Waals surface area contributed by atoms with Crippen LogP contribution in [0.25, 0.3) is 0 Å². The summed E-state index contributed by atoms with van der Waals surface area (Å²) in [5, 5.41) is 5.05. The van der Waals surface area contributed by atoms with Crippen molar-refractivity contribution in [3.8, 4) is 0 Å². The quantitative estimate of drug-likeness (QED) is 0.860. The molecule has 0 unspecified atom stereocenters. The molecule has 5 heteroatoms. The normalized spacial score (nSPS) is 10.4. The Morgan fingerprint density at radius 3 is 2.53 bits per heavy atom. The topological polar surface area (TPSA) is 58.2 Å². The van der Waals surface area contributed by atoms with E-state index in [0.717, 1.165) is 6.42 Å². The zero-order chi connectivity index (χ0) is 14.4. The van der Waals surface area contributed by atoms with E-state index in [1.54, 1.807) is 0 Å². The van der Waals surface area contributed by atoms with E-state index in [2.05, 4.69) is 10.6 Å². The van der Waals surface area contributed by atoms with Crippen molar-refractivity contribution in [3.05, 3.63) is 24.0 Å². The number of anilines is 2. The third kappa shape index (κ3) is 5.50. The summed E-state index contributed by atoms with van der Waals surface area (Å²) in [4.78, 5) is 22.6. The molecule has 0 saturated carbocycles. The predicted molar refractivity (Wildman–Crippen MR) is 73.4 cm³/mol. The summed E-state index contributed by atoms with van der Waals surface area (Å²) < 4.78 is 13.5. The van der Waals surface area contributed by atoms with Gasteiger partial charge in [0.05, 0.1) is 5.69 Å². The summed E-state index contributed by atoms with van der Waals surface area (Å²) in [6, 6.07) is 4.06. The van der Waals surface area contributed by atoms with Crippen molar-refractivity contribution in [3.63, 3.8) is 0 Å². The number of hydrogen-bond acceptors (Lipinski definition) is 2. The molecule has 0 aromatic heterocycles. The maximum Gasteiger partial charge on any atom is 0.224 e. The lowest BCUT2D eigenvalue weighted by Gasteiger charge is -2.10. The van der Waals surface area contributed by atoms with Gasteiger partial charge in [-0.3, -0.25) is 9.59 Å². The van der Waals surface area contributed by atoms with Gasteiger partial charge in [-0.25, -0.2) is 4.39 Å². The van der Waals surface area contributed by atoms with Gasteiger partial charge in [-0.1, -0.05) is 13.8 Å². The SMILES string of the molecule is CC(=O)Nc1ccc(F)c(NC(=O)CCC(C)C)c1. The molecule has 2 amide bonds. The summed E-state index contributed by atoms with van der Waals surface area (Å²) in [6.07, 6.45) is 1.10. The van der Waals surface area contributed by atoms with Gasteiger partial charge in [-0.05, 0) is 30.5 Å². The molecule has 0 heterocycles. The first-order valence-electron chi connectivity index (χ1n) is 6.25. The Labute approximate surface area is 112 Å². The van der Waals surface area contributed by atoms with E-state index in [4.69, 9.17) is 0 Å². The zero-order valence-electron chi connectivity index (χ0n) is 11.4. The largest absolute Gasteiger partial charge is 0.326 e. The second-order valence-electron chi connectivity index (χ2n) is 4.86. The number of amides is 2. The van der Waals surface area contributed by atoms with Gasteiger partial charge in [-0.2, -0.15) is 0 Å². The summed E-state index contributed by atoms with van der Waals surface area (Å²) in [5.74, 6) is -0.579. The minimum Gasteiger partial charge on any atom is -0.326 e. The van der Waals surface area contributed by atoms with Crippen molar-refractivity contribution in [2.45, 2.75) is 33.6 Å².